The van der Waals surface area contributed by atoms with Crippen molar-refractivity contribution in [3.05, 3.63) is 102 Å². The van der Waals surface area contributed by atoms with Gasteiger partial charge in [-0.2, -0.15) is 5.10 Å². The number of pyridine rings is 1. The zero-order valence-electron chi connectivity index (χ0n) is 16.3. The maximum Gasteiger partial charge on any atom is 0.147 e. The first-order valence-corrected chi connectivity index (χ1v) is 9.33. The molecule has 0 bridgehead atoms. The van der Waals surface area contributed by atoms with Crippen LogP contribution >= 0.6 is 0 Å². The summed E-state index contributed by atoms with van der Waals surface area (Å²) >= 11 is 0. The Kier molecular flexibility index (Phi) is 4.70. The van der Waals surface area contributed by atoms with Gasteiger partial charge in [-0.1, -0.05) is 55.8 Å². The molecule has 0 fully saturated rings. The Morgan fingerprint density at radius 1 is 0.857 bits per heavy atom. The second-order valence-corrected chi connectivity index (χ2v) is 7.45. The van der Waals surface area contributed by atoms with Crippen molar-refractivity contribution in [1.29, 1.82) is 0 Å². The maximum absolute atomic E-state index is 6.00. The van der Waals surface area contributed by atoms with Crippen LogP contribution in [0.4, 0.5) is 0 Å². The summed E-state index contributed by atoms with van der Waals surface area (Å²) in [5.41, 5.74) is 4.59. The number of ether oxygens (including phenoxy) is 1. The lowest BCUT2D eigenvalue weighted by Crippen LogP contribution is -2.18. The van der Waals surface area contributed by atoms with Gasteiger partial charge in [0.15, 0.2) is 0 Å². The third-order valence-corrected chi connectivity index (χ3v) is 5.05. The molecule has 0 aliphatic heterocycles. The highest BCUT2D eigenvalue weighted by atomic mass is 16.5. The summed E-state index contributed by atoms with van der Waals surface area (Å²) in [6, 6.07) is 20.8. The Morgan fingerprint density at radius 2 is 1.54 bits per heavy atom. The average Bonchev–Trinajstić information content (AvgIpc) is 3.24. The smallest absolute Gasteiger partial charge is 0.147 e. The van der Waals surface area contributed by atoms with Gasteiger partial charge < -0.3 is 4.74 Å². The number of hydrogen-bond donors (Lipinski definition) is 0. The fourth-order valence-corrected chi connectivity index (χ4v) is 3.22. The molecule has 4 rings (SSSR count). The van der Waals surface area contributed by atoms with Gasteiger partial charge in [0.1, 0.15) is 11.5 Å². The molecule has 0 radical (unpaired) electrons. The van der Waals surface area contributed by atoms with Gasteiger partial charge in [-0.15, -0.1) is 0 Å². The zero-order chi connectivity index (χ0) is 19.6. The van der Waals surface area contributed by atoms with Crippen LogP contribution in [0.3, 0.4) is 0 Å². The highest BCUT2D eigenvalue weighted by Crippen LogP contribution is 2.33. The quantitative estimate of drug-likeness (QED) is 0.453. The van der Waals surface area contributed by atoms with E-state index in [0.29, 0.717) is 5.75 Å². The Balaban J connectivity index is 1.54. The molecule has 28 heavy (non-hydrogen) atoms. The third-order valence-electron chi connectivity index (χ3n) is 5.05. The molecule has 0 N–H and O–H groups in total. The molecule has 0 atom stereocenters. The molecule has 0 saturated carbocycles. The van der Waals surface area contributed by atoms with E-state index in [1.54, 1.807) is 23.3 Å². The summed E-state index contributed by atoms with van der Waals surface area (Å²) in [6.45, 7) is 6.59. The van der Waals surface area contributed by atoms with E-state index >= 15 is 0 Å². The second-order valence-electron chi connectivity index (χ2n) is 7.45. The van der Waals surface area contributed by atoms with Crippen LogP contribution in [0.5, 0.6) is 11.5 Å². The molecule has 0 unspecified atom stereocenters. The van der Waals surface area contributed by atoms with Crippen molar-refractivity contribution in [3.8, 4) is 17.2 Å². The minimum Gasteiger partial charge on any atom is -0.456 e. The lowest BCUT2D eigenvalue weighted by Gasteiger charge is -2.26. The van der Waals surface area contributed by atoms with Crippen molar-refractivity contribution < 1.29 is 4.74 Å². The van der Waals surface area contributed by atoms with E-state index in [4.69, 9.17) is 4.74 Å². The molecule has 0 spiro atoms. The minimum absolute atomic E-state index is 0.0756. The van der Waals surface area contributed by atoms with Gasteiger partial charge in [-0.05, 0) is 36.2 Å². The third kappa shape index (κ3) is 3.67. The summed E-state index contributed by atoms with van der Waals surface area (Å²) in [5, 5.41) is 4.23. The Bertz CT molecular complexity index is 1050. The number of aryl methyl sites for hydroxylation is 1. The van der Waals surface area contributed by atoms with Crippen LogP contribution < -0.4 is 4.74 Å². The average molecular weight is 369 g/mol. The summed E-state index contributed by atoms with van der Waals surface area (Å²) < 4.78 is 7.76. The van der Waals surface area contributed by atoms with E-state index in [1.807, 2.05) is 30.5 Å². The van der Waals surface area contributed by atoms with Crippen LogP contribution in [0, 0.1) is 6.92 Å². The Morgan fingerprint density at radius 3 is 2.18 bits per heavy atom. The lowest BCUT2D eigenvalue weighted by atomic mass is 9.78. The zero-order valence-corrected chi connectivity index (χ0v) is 16.3. The molecule has 0 amide bonds. The normalized spacial score (nSPS) is 11.4. The van der Waals surface area contributed by atoms with Crippen molar-refractivity contribution in [2.75, 3.05) is 0 Å². The van der Waals surface area contributed by atoms with E-state index in [9.17, 15) is 0 Å². The standard InChI is InChI=1S/C24H23N3O/c1-18-5-7-19(8-6-18)24(2,3)20-9-11-22(12-10-20)28-23-15-21(16-25-17-23)27-14-4-13-26-27/h4-17H,1-3H3. The van der Waals surface area contributed by atoms with E-state index in [1.165, 1.54) is 16.7 Å². The van der Waals surface area contributed by atoms with Gasteiger partial charge in [0.05, 0.1) is 18.1 Å². The van der Waals surface area contributed by atoms with Crippen LogP contribution in [0.25, 0.3) is 5.69 Å². The van der Waals surface area contributed by atoms with Gasteiger partial charge in [-0.25, -0.2) is 4.68 Å². The number of aromatic nitrogens is 3. The van der Waals surface area contributed by atoms with Gasteiger partial charge in [-0.3, -0.25) is 4.98 Å². The molecule has 0 aliphatic carbocycles. The van der Waals surface area contributed by atoms with Gasteiger partial charge in [0.25, 0.3) is 0 Å². The van der Waals surface area contributed by atoms with E-state index in [2.05, 4.69) is 67.3 Å². The van der Waals surface area contributed by atoms with E-state index in [-0.39, 0.29) is 5.41 Å². The number of benzene rings is 2. The monoisotopic (exact) mass is 369 g/mol. The summed E-state index contributed by atoms with van der Waals surface area (Å²) in [7, 11) is 0. The molecule has 2 aromatic carbocycles. The van der Waals surface area contributed by atoms with Crippen molar-refractivity contribution in [2.45, 2.75) is 26.2 Å². The SMILES string of the molecule is Cc1ccc(C(C)(C)c2ccc(Oc3cncc(-n4cccn4)c3)cc2)cc1. The van der Waals surface area contributed by atoms with Crippen LogP contribution in [0.15, 0.2) is 85.5 Å². The molecule has 4 nitrogen and oxygen atoms in total. The highest BCUT2D eigenvalue weighted by molar-refractivity contribution is 5.42. The highest BCUT2D eigenvalue weighted by Gasteiger charge is 2.22. The second kappa shape index (κ2) is 7.31. The summed E-state index contributed by atoms with van der Waals surface area (Å²) in [4.78, 5) is 4.25. The topological polar surface area (TPSA) is 39.9 Å². The molecular formula is C24H23N3O. The van der Waals surface area contributed by atoms with Crippen molar-refractivity contribution >= 4 is 0 Å². The largest absolute Gasteiger partial charge is 0.456 e. The molecule has 2 heterocycles. The fraction of sp³-hybridized carbons (Fsp3) is 0.167. The van der Waals surface area contributed by atoms with E-state index in [0.717, 1.165) is 11.4 Å². The van der Waals surface area contributed by atoms with E-state index < -0.39 is 0 Å². The summed E-state index contributed by atoms with van der Waals surface area (Å²) in [6.07, 6.45) is 7.08. The molecule has 2 aromatic heterocycles. The Hall–Kier alpha value is -3.40. The van der Waals surface area contributed by atoms with Gasteiger partial charge >= 0.3 is 0 Å². The number of rotatable bonds is 5. The van der Waals surface area contributed by atoms with Crippen molar-refractivity contribution in [2.24, 2.45) is 0 Å². The molecule has 140 valence electrons. The fourth-order valence-electron chi connectivity index (χ4n) is 3.22. The van der Waals surface area contributed by atoms with Gasteiger partial charge in [0, 0.05) is 23.9 Å². The maximum atomic E-state index is 6.00. The Labute approximate surface area is 165 Å². The lowest BCUT2D eigenvalue weighted by molar-refractivity contribution is 0.479. The minimum atomic E-state index is -0.0756. The number of nitrogens with zero attached hydrogens (tertiary/aromatic N) is 3. The predicted octanol–water partition coefficient (Wildman–Crippen LogP) is 5.69. The molecule has 4 aromatic rings. The predicted molar refractivity (Wildman–Crippen MR) is 111 cm³/mol. The number of hydrogen-bond acceptors (Lipinski definition) is 3. The molecule has 4 heteroatoms. The molecule has 0 saturated heterocycles. The van der Waals surface area contributed by atoms with Crippen LogP contribution in [0.2, 0.25) is 0 Å². The first kappa shape index (κ1) is 18.0. The first-order valence-electron chi connectivity index (χ1n) is 9.33. The summed E-state index contributed by atoms with van der Waals surface area (Å²) in [5.74, 6) is 1.46. The first-order chi connectivity index (χ1) is 13.5. The van der Waals surface area contributed by atoms with Crippen molar-refractivity contribution in [3.63, 3.8) is 0 Å². The van der Waals surface area contributed by atoms with Crippen molar-refractivity contribution in [1.82, 2.24) is 14.8 Å². The molecular weight excluding hydrogens is 346 g/mol. The van der Waals surface area contributed by atoms with Crippen LogP contribution in [-0.2, 0) is 5.41 Å². The van der Waals surface area contributed by atoms with Crippen LogP contribution in [0.1, 0.15) is 30.5 Å². The molecule has 0 aliphatic rings. The van der Waals surface area contributed by atoms with Crippen LogP contribution in [-0.4, -0.2) is 14.8 Å². The van der Waals surface area contributed by atoms with Gasteiger partial charge in [0.2, 0.25) is 0 Å².